The summed E-state index contributed by atoms with van der Waals surface area (Å²) >= 11 is 0. The van der Waals surface area contributed by atoms with Crippen LogP contribution in [-0.4, -0.2) is 41.2 Å². The molecule has 0 spiro atoms. The SMILES string of the molecule is COc1ccc(COC(=O)c2cn(C3CNC3)nn2)cc1. The van der Waals surface area contributed by atoms with Gasteiger partial charge in [0.1, 0.15) is 12.4 Å². The van der Waals surface area contributed by atoms with Crippen LogP contribution in [0.5, 0.6) is 5.75 Å². The maximum absolute atomic E-state index is 11.9. The van der Waals surface area contributed by atoms with Crippen molar-refractivity contribution in [2.45, 2.75) is 12.6 Å². The van der Waals surface area contributed by atoms with Crippen molar-refractivity contribution in [2.24, 2.45) is 0 Å². The summed E-state index contributed by atoms with van der Waals surface area (Å²) < 4.78 is 12.0. The topological polar surface area (TPSA) is 78.3 Å². The van der Waals surface area contributed by atoms with Crippen LogP contribution in [0.4, 0.5) is 0 Å². The number of esters is 1. The third-order valence-corrected chi connectivity index (χ3v) is 3.38. The van der Waals surface area contributed by atoms with Gasteiger partial charge in [0.15, 0.2) is 5.69 Å². The molecule has 1 fully saturated rings. The predicted octanol–water partition coefficient (Wildman–Crippen LogP) is 0.788. The number of nitrogens with zero attached hydrogens (tertiary/aromatic N) is 3. The van der Waals surface area contributed by atoms with Gasteiger partial charge in [-0.15, -0.1) is 5.10 Å². The van der Waals surface area contributed by atoms with Gasteiger partial charge in [-0.3, -0.25) is 0 Å². The van der Waals surface area contributed by atoms with Crippen molar-refractivity contribution >= 4 is 5.97 Å². The molecule has 0 bridgehead atoms. The highest BCUT2D eigenvalue weighted by molar-refractivity contribution is 5.86. The first-order valence-corrected chi connectivity index (χ1v) is 6.69. The van der Waals surface area contributed by atoms with Crippen molar-refractivity contribution in [3.8, 4) is 5.75 Å². The minimum Gasteiger partial charge on any atom is -0.497 e. The van der Waals surface area contributed by atoms with Crippen LogP contribution in [0, 0.1) is 0 Å². The maximum atomic E-state index is 11.9. The van der Waals surface area contributed by atoms with E-state index in [0.717, 1.165) is 24.4 Å². The lowest BCUT2D eigenvalue weighted by Gasteiger charge is -2.26. The Bertz CT molecular complexity index is 619. The van der Waals surface area contributed by atoms with E-state index < -0.39 is 5.97 Å². The monoisotopic (exact) mass is 288 g/mol. The zero-order chi connectivity index (χ0) is 14.7. The van der Waals surface area contributed by atoms with Crippen LogP contribution in [-0.2, 0) is 11.3 Å². The van der Waals surface area contributed by atoms with E-state index in [1.54, 1.807) is 18.0 Å². The Morgan fingerprint density at radius 3 is 2.76 bits per heavy atom. The molecule has 1 aliphatic rings. The molecule has 2 aromatic rings. The quantitative estimate of drug-likeness (QED) is 0.820. The summed E-state index contributed by atoms with van der Waals surface area (Å²) in [5.74, 6) is 0.298. The Labute approximate surface area is 121 Å². The van der Waals surface area contributed by atoms with E-state index >= 15 is 0 Å². The molecule has 1 N–H and O–H groups in total. The van der Waals surface area contributed by atoms with Gasteiger partial charge in [-0.2, -0.15) is 0 Å². The van der Waals surface area contributed by atoms with Crippen molar-refractivity contribution in [2.75, 3.05) is 20.2 Å². The number of ether oxygens (including phenoxy) is 2. The molecule has 7 nitrogen and oxygen atoms in total. The van der Waals surface area contributed by atoms with Gasteiger partial charge in [-0.1, -0.05) is 17.3 Å². The normalized spacial score (nSPS) is 14.5. The Balaban J connectivity index is 1.56. The molecular formula is C14H16N4O3. The molecule has 1 aromatic carbocycles. The molecule has 1 saturated heterocycles. The van der Waals surface area contributed by atoms with Gasteiger partial charge in [0, 0.05) is 13.1 Å². The zero-order valence-corrected chi connectivity index (χ0v) is 11.7. The molecule has 0 atom stereocenters. The molecule has 1 aromatic heterocycles. The van der Waals surface area contributed by atoms with Crippen molar-refractivity contribution in [1.29, 1.82) is 0 Å². The highest BCUT2D eigenvalue weighted by Crippen LogP contribution is 2.13. The Morgan fingerprint density at radius 1 is 1.38 bits per heavy atom. The summed E-state index contributed by atoms with van der Waals surface area (Å²) in [6.45, 7) is 1.90. The van der Waals surface area contributed by atoms with Gasteiger partial charge in [-0.05, 0) is 17.7 Å². The third-order valence-electron chi connectivity index (χ3n) is 3.38. The van der Waals surface area contributed by atoms with E-state index in [1.807, 2.05) is 24.3 Å². The molecule has 7 heteroatoms. The fourth-order valence-corrected chi connectivity index (χ4v) is 1.95. The maximum Gasteiger partial charge on any atom is 0.360 e. The molecule has 0 radical (unpaired) electrons. The molecule has 1 aliphatic heterocycles. The third kappa shape index (κ3) is 3.03. The predicted molar refractivity (Wildman–Crippen MR) is 74.0 cm³/mol. The van der Waals surface area contributed by atoms with E-state index in [1.165, 1.54) is 0 Å². The van der Waals surface area contributed by atoms with Gasteiger partial charge >= 0.3 is 5.97 Å². The van der Waals surface area contributed by atoms with Crippen LogP contribution in [0.2, 0.25) is 0 Å². The van der Waals surface area contributed by atoms with E-state index in [-0.39, 0.29) is 18.3 Å². The number of hydrogen-bond donors (Lipinski definition) is 1. The smallest absolute Gasteiger partial charge is 0.360 e. The molecule has 0 aliphatic carbocycles. The number of carbonyl (C=O) groups is 1. The molecule has 0 unspecified atom stereocenters. The number of hydrogen-bond acceptors (Lipinski definition) is 6. The summed E-state index contributed by atoms with van der Waals surface area (Å²) in [7, 11) is 1.61. The molecular weight excluding hydrogens is 272 g/mol. The van der Waals surface area contributed by atoms with E-state index in [2.05, 4.69) is 15.6 Å². The molecule has 21 heavy (non-hydrogen) atoms. The zero-order valence-electron chi connectivity index (χ0n) is 11.7. The lowest BCUT2D eigenvalue weighted by Crippen LogP contribution is -2.43. The van der Waals surface area contributed by atoms with Crippen molar-refractivity contribution in [3.63, 3.8) is 0 Å². The highest BCUT2D eigenvalue weighted by Gasteiger charge is 2.22. The van der Waals surface area contributed by atoms with Crippen LogP contribution in [0.25, 0.3) is 0 Å². The molecule has 2 heterocycles. The Kier molecular flexibility index (Phi) is 3.83. The van der Waals surface area contributed by atoms with Crippen LogP contribution in [0.15, 0.2) is 30.5 Å². The summed E-state index contributed by atoms with van der Waals surface area (Å²) in [4.78, 5) is 11.9. The second kappa shape index (κ2) is 5.92. The summed E-state index contributed by atoms with van der Waals surface area (Å²) in [5, 5.41) is 10.9. The second-order valence-electron chi connectivity index (χ2n) is 4.82. The molecule has 0 amide bonds. The van der Waals surface area contributed by atoms with Gasteiger partial charge in [-0.25, -0.2) is 9.48 Å². The van der Waals surface area contributed by atoms with Gasteiger partial charge in [0.2, 0.25) is 0 Å². The summed E-state index contributed by atoms with van der Waals surface area (Å²) in [6, 6.07) is 7.62. The summed E-state index contributed by atoms with van der Waals surface area (Å²) in [5.41, 5.74) is 1.12. The fourth-order valence-electron chi connectivity index (χ4n) is 1.95. The largest absolute Gasteiger partial charge is 0.497 e. The fraction of sp³-hybridized carbons (Fsp3) is 0.357. The van der Waals surface area contributed by atoms with E-state index in [0.29, 0.717) is 0 Å². The average Bonchev–Trinajstić information content (AvgIpc) is 2.93. The van der Waals surface area contributed by atoms with Crippen LogP contribution in [0.3, 0.4) is 0 Å². The first-order chi connectivity index (χ1) is 10.3. The average molecular weight is 288 g/mol. The van der Waals surface area contributed by atoms with Crippen LogP contribution in [0.1, 0.15) is 22.1 Å². The van der Waals surface area contributed by atoms with E-state index in [4.69, 9.17) is 9.47 Å². The van der Waals surface area contributed by atoms with Crippen molar-refractivity contribution in [1.82, 2.24) is 20.3 Å². The second-order valence-corrected chi connectivity index (χ2v) is 4.82. The first kappa shape index (κ1) is 13.6. The van der Waals surface area contributed by atoms with Gasteiger partial charge in [0.05, 0.1) is 19.3 Å². The van der Waals surface area contributed by atoms with Crippen molar-refractivity contribution < 1.29 is 14.3 Å². The van der Waals surface area contributed by atoms with E-state index in [9.17, 15) is 4.79 Å². The minimum atomic E-state index is -0.468. The molecule has 3 rings (SSSR count). The number of nitrogens with one attached hydrogen (secondary N) is 1. The van der Waals surface area contributed by atoms with Crippen LogP contribution < -0.4 is 10.1 Å². The standard InChI is InChI=1S/C14H16N4O3/c1-20-12-4-2-10(3-5-12)9-21-14(19)13-8-18(17-16-13)11-6-15-7-11/h2-5,8,11,15H,6-7,9H2,1H3. The van der Waals surface area contributed by atoms with Crippen LogP contribution >= 0.6 is 0 Å². The number of carbonyl (C=O) groups excluding carboxylic acids is 1. The number of aromatic nitrogens is 3. The van der Waals surface area contributed by atoms with Crippen molar-refractivity contribution in [3.05, 3.63) is 41.7 Å². The molecule has 0 saturated carbocycles. The number of rotatable bonds is 5. The minimum absolute atomic E-state index is 0.195. The Morgan fingerprint density at radius 2 is 2.14 bits per heavy atom. The lowest BCUT2D eigenvalue weighted by atomic mass is 10.2. The number of benzene rings is 1. The number of methoxy groups -OCH3 is 1. The highest BCUT2D eigenvalue weighted by atomic mass is 16.5. The lowest BCUT2D eigenvalue weighted by molar-refractivity contribution is 0.0465. The first-order valence-electron chi connectivity index (χ1n) is 6.69. The van der Waals surface area contributed by atoms with Gasteiger partial charge < -0.3 is 14.8 Å². The molecule has 110 valence electrons. The van der Waals surface area contributed by atoms with Gasteiger partial charge in [0.25, 0.3) is 0 Å². The summed E-state index contributed by atoms with van der Waals surface area (Å²) in [6.07, 6.45) is 1.63. The Hall–Kier alpha value is -2.41.